The van der Waals surface area contributed by atoms with Crippen molar-refractivity contribution in [3.8, 4) is 0 Å². The number of hydrogen-bond donors (Lipinski definition) is 2. The van der Waals surface area contributed by atoms with Crippen LogP contribution in [0.25, 0.3) is 0 Å². The summed E-state index contributed by atoms with van der Waals surface area (Å²) >= 11 is 0. The quantitative estimate of drug-likeness (QED) is 0.504. The lowest BCUT2D eigenvalue weighted by molar-refractivity contribution is -0.384. The summed E-state index contributed by atoms with van der Waals surface area (Å²) in [6.45, 7) is 8.10. The summed E-state index contributed by atoms with van der Waals surface area (Å²) in [7, 11) is 1.72. The third-order valence-electron chi connectivity index (χ3n) is 3.75. The third-order valence-corrected chi connectivity index (χ3v) is 3.75. The number of nitro groups is 1. The van der Waals surface area contributed by atoms with Crippen LogP contribution in [-0.2, 0) is 0 Å². The highest BCUT2D eigenvalue weighted by Gasteiger charge is 2.28. The number of hydrogen-bond acceptors (Lipinski definition) is 5. The van der Waals surface area contributed by atoms with E-state index in [1.54, 1.807) is 11.9 Å². The van der Waals surface area contributed by atoms with Gasteiger partial charge < -0.3 is 10.3 Å². The fourth-order valence-corrected chi connectivity index (χ4v) is 1.90. The second-order valence-electron chi connectivity index (χ2n) is 6.09. The van der Waals surface area contributed by atoms with Gasteiger partial charge >= 0.3 is 0 Å². The molecule has 116 valence electrons. The van der Waals surface area contributed by atoms with E-state index in [2.05, 4.69) is 5.43 Å². The second-order valence-corrected chi connectivity index (χ2v) is 6.09. The van der Waals surface area contributed by atoms with E-state index in [4.69, 9.17) is 5.84 Å². The zero-order valence-electron chi connectivity index (χ0n) is 13.0. The molecule has 0 heterocycles. The Bertz CT molecular complexity index is 552. The first-order valence-electron chi connectivity index (χ1n) is 6.61. The fraction of sp³-hybridized carbons (Fsp3) is 0.500. The van der Waals surface area contributed by atoms with Crippen molar-refractivity contribution in [1.29, 1.82) is 0 Å². The van der Waals surface area contributed by atoms with Crippen LogP contribution in [0.5, 0.6) is 0 Å². The van der Waals surface area contributed by atoms with Crippen molar-refractivity contribution in [2.24, 2.45) is 11.3 Å². The molecule has 21 heavy (non-hydrogen) atoms. The molecular formula is C14H22N4O3. The Balaban J connectivity index is 3.11. The van der Waals surface area contributed by atoms with Gasteiger partial charge in [-0.2, -0.15) is 0 Å². The zero-order chi connectivity index (χ0) is 16.4. The average Bonchev–Trinajstić information content (AvgIpc) is 2.42. The van der Waals surface area contributed by atoms with Gasteiger partial charge in [0, 0.05) is 24.7 Å². The van der Waals surface area contributed by atoms with Gasteiger partial charge in [-0.05, 0) is 24.5 Å². The maximum absolute atomic E-state index is 12.5. The number of nitrogens with two attached hydrogens (primary N) is 1. The van der Waals surface area contributed by atoms with Crippen molar-refractivity contribution in [3.05, 3.63) is 33.9 Å². The largest absolute Gasteiger partial charge is 0.338 e. The predicted octanol–water partition coefficient (Wildman–Crippen LogP) is 2.39. The van der Waals surface area contributed by atoms with E-state index < -0.39 is 4.92 Å². The van der Waals surface area contributed by atoms with Gasteiger partial charge in [0.1, 0.15) is 5.69 Å². The first-order valence-corrected chi connectivity index (χ1v) is 6.61. The van der Waals surface area contributed by atoms with Crippen LogP contribution in [-0.4, -0.2) is 28.8 Å². The van der Waals surface area contributed by atoms with E-state index in [1.807, 2.05) is 27.7 Å². The van der Waals surface area contributed by atoms with E-state index in [9.17, 15) is 14.9 Å². The summed E-state index contributed by atoms with van der Waals surface area (Å²) in [5.74, 6) is 5.08. The minimum absolute atomic E-state index is 0.00878. The monoisotopic (exact) mass is 294 g/mol. The van der Waals surface area contributed by atoms with Crippen LogP contribution in [0.2, 0.25) is 0 Å². The molecule has 0 aliphatic carbocycles. The van der Waals surface area contributed by atoms with E-state index in [0.29, 0.717) is 5.56 Å². The summed E-state index contributed by atoms with van der Waals surface area (Å²) in [6, 6.07) is 4.12. The Labute approximate surface area is 124 Å². The number of carbonyl (C=O) groups is 1. The minimum atomic E-state index is -0.551. The maximum Gasteiger partial charge on any atom is 0.293 e. The highest BCUT2D eigenvalue weighted by atomic mass is 16.6. The molecule has 0 fully saturated rings. The van der Waals surface area contributed by atoms with Crippen molar-refractivity contribution in [1.82, 2.24) is 4.90 Å². The van der Waals surface area contributed by atoms with Crippen molar-refractivity contribution < 1.29 is 9.72 Å². The number of benzene rings is 1. The summed E-state index contributed by atoms with van der Waals surface area (Å²) in [5, 5.41) is 10.9. The molecule has 7 heteroatoms. The van der Waals surface area contributed by atoms with Gasteiger partial charge in [-0.3, -0.25) is 20.8 Å². The molecule has 0 saturated heterocycles. The van der Waals surface area contributed by atoms with Crippen LogP contribution in [0.1, 0.15) is 38.1 Å². The Morgan fingerprint density at radius 2 is 2.00 bits per heavy atom. The standard InChI is InChI=1S/C14H22N4O3/c1-9(14(2,3)4)17(5)13(19)10-6-7-12(18(20)21)11(8-10)16-15/h6-9,16H,15H2,1-5H3. The number of nitro benzene ring substituents is 1. The highest BCUT2D eigenvalue weighted by Crippen LogP contribution is 2.27. The third kappa shape index (κ3) is 3.69. The lowest BCUT2D eigenvalue weighted by atomic mass is 9.87. The molecule has 1 atom stereocenters. The van der Waals surface area contributed by atoms with Gasteiger partial charge in [-0.15, -0.1) is 0 Å². The molecule has 0 aliphatic rings. The Morgan fingerprint density at radius 1 is 1.43 bits per heavy atom. The van der Waals surface area contributed by atoms with Crippen molar-refractivity contribution in [2.75, 3.05) is 12.5 Å². The zero-order valence-corrected chi connectivity index (χ0v) is 13.0. The van der Waals surface area contributed by atoms with E-state index in [-0.39, 0.29) is 28.7 Å². The Kier molecular flexibility index (Phi) is 4.90. The molecule has 0 spiro atoms. The summed E-state index contributed by atoms with van der Waals surface area (Å²) in [5.41, 5.74) is 2.49. The molecule has 1 unspecified atom stereocenters. The second kappa shape index (κ2) is 6.09. The smallest absolute Gasteiger partial charge is 0.293 e. The van der Waals surface area contributed by atoms with Gasteiger partial charge in [0.25, 0.3) is 11.6 Å². The Morgan fingerprint density at radius 3 is 2.43 bits per heavy atom. The molecule has 0 aromatic heterocycles. The Hall–Kier alpha value is -2.15. The van der Waals surface area contributed by atoms with Gasteiger partial charge in [0.2, 0.25) is 0 Å². The van der Waals surface area contributed by atoms with E-state index in [0.717, 1.165) is 0 Å². The van der Waals surface area contributed by atoms with Crippen molar-refractivity contribution in [3.63, 3.8) is 0 Å². The number of nitrogens with one attached hydrogen (secondary N) is 1. The number of hydrazine groups is 1. The fourth-order valence-electron chi connectivity index (χ4n) is 1.90. The lowest BCUT2D eigenvalue weighted by Gasteiger charge is -2.35. The van der Waals surface area contributed by atoms with Crippen LogP contribution in [0, 0.1) is 15.5 Å². The molecule has 0 radical (unpaired) electrons. The number of carbonyl (C=O) groups excluding carboxylic acids is 1. The van der Waals surface area contributed by atoms with Crippen LogP contribution in [0.15, 0.2) is 18.2 Å². The lowest BCUT2D eigenvalue weighted by Crippen LogP contribution is -2.43. The minimum Gasteiger partial charge on any atom is -0.338 e. The van der Waals surface area contributed by atoms with Gasteiger partial charge in [0.15, 0.2) is 0 Å². The van der Waals surface area contributed by atoms with E-state index >= 15 is 0 Å². The molecule has 1 aromatic carbocycles. The van der Waals surface area contributed by atoms with Crippen LogP contribution in [0.3, 0.4) is 0 Å². The molecular weight excluding hydrogens is 272 g/mol. The molecule has 0 bridgehead atoms. The van der Waals surface area contributed by atoms with E-state index in [1.165, 1.54) is 18.2 Å². The number of nitrogen functional groups attached to an aromatic ring is 1. The molecule has 1 amide bonds. The SMILES string of the molecule is CC(N(C)C(=O)c1ccc([N+](=O)[O-])c(NN)c1)C(C)(C)C. The summed E-state index contributed by atoms with van der Waals surface area (Å²) < 4.78 is 0. The summed E-state index contributed by atoms with van der Waals surface area (Å²) in [6.07, 6.45) is 0. The highest BCUT2D eigenvalue weighted by molar-refractivity contribution is 5.96. The number of nitrogens with zero attached hydrogens (tertiary/aromatic N) is 2. The molecule has 1 aromatic rings. The molecule has 7 nitrogen and oxygen atoms in total. The van der Waals surface area contributed by atoms with Gasteiger partial charge in [0.05, 0.1) is 4.92 Å². The number of rotatable bonds is 4. The molecule has 1 rings (SSSR count). The molecule has 0 aliphatic heterocycles. The number of anilines is 1. The molecule has 0 saturated carbocycles. The normalized spacial score (nSPS) is 12.7. The van der Waals surface area contributed by atoms with Crippen LogP contribution >= 0.6 is 0 Å². The topological polar surface area (TPSA) is 102 Å². The predicted molar refractivity (Wildman–Crippen MR) is 81.9 cm³/mol. The van der Waals surface area contributed by atoms with Crippen molar-refractivity contribution >= 4 is 17.3 Å². The van der Waals surface area contributed by atoms with Gasteiger partial charge in [-0.1, -0.05) is 20.8 Å². The van der Waals surface area contributed by atoms with Crippen LogP contribution in [0.4, 0.5) is 11.4 Å². The van der Waals surface area contributed by atoms with Crippen LogP contribution < -0.4 is 11.3 Å². The van der Waals surface area contributed by atoms with Gasteiger partial charge in [-0.25, -0.2) is 0 Å². The number of amides is 1. The molecule has 3 N–H and O–H groups in total. The average molecular weight is 294 g/mol. The van der Waals surface area contributed by atoms with Crippen molar-refractivity contribution in [2.45, 2.75) is 33.7 Å². The summed E-state index contributed by atoms with van der Waals surface area (Å²) in [4.78, 5) is 24.4. The first-order chi connectivity index (χ1) is 9.59. The maximum atomic E-state index is 12.5. The first kappa shape index (κ1) is 16.9.